The Hall–Kier alpha value is -1.92. The monoisotopic (exact) mass is 328 g/mol. The molecule has 2 aliphatic heterocycles. The van der Waals surface area contributed by atoms with Gasteiger partial charge in [0.15, 0.2) is 0 Å². The largest absolute Gasteiger partial charge is 0.368 e. The third-order valence-corrected chi connectivity index (χ3v) is 5.00. The van der Waals surface area contributed by atoms with E-state index in [1.54, 1.807) is 0 Å². The van der Waals surface area contributed by atoms with Gasteiger partial charge in [0, 0.05) is 51.7 Å². The molecule has 0 radical (unpaired) electrons. The van der Waals surface area contributed by atoms with Crippen LogP contribution in [0.5, 0.6) is 0 Å². The summed E-state index contributed by atoms with van der Waals surface area (Å²) in [5.41, 5.74) is 3.30. The lowest BCUT2D eigenvalue weighted by molar-refractivity contribution is -0.142. The van der Waals surface area contributed by atoms with Crippen LogP contribution in [0.1, 0.15) is 24.1 Å². The number of ether oxygens (including phenoxy) is 1. The van der Waals surface area contributed by atoms with Crippen LogP contribution in [-0.2, 0) is 16.1 Å². The second-order valence-corrected chi connectivity index (χ2v) is 6.76. The average Bonchev–Trinajstić information content (AvgIpc) is 3.25. The molecule has 6 nitrogen and oxygen atoms in total. The molecule has 4 heterocycles. The van der Waals surface area contributed by atoms with E-state index in [-0.39, 0.29) is 12.0 Å². The summed E-state index contributed by atoms with van der Waals surface area (Å²) in [6, 6.07) is 4.13. The number of nitrogens with zero attached hydrogens (tertiary/aromatic N) is 4. The van der Waals surface area contributed by atoms with Crippen LogP contribution < -0.4 is 0 Å². The molecule has 1 amide bonds. The zero-order valence-corrected chi connectivity index (χ0v) is 14.1. The van der Waals surface area contributed by atoms with Crippen LogP contribution in [0.3, 0.4) is 0 Å². The topological polar surface area (TPSA) is 50.1 Å². The van der Waals surface area contributed by atoms with Gasteiger partial charge in [-0.15, -0.1) is 0 Å². The van der Waals surface area contributed by atoms with Gasteiger partial charge >= 0.3 is 0 Å². The normalized spacial score (nSPS) is 22.4. The summed E-state index contributed by atoms with van der Waals surface area (Å²) in [5, 5.41) is 0. The van der Waals surface area contributed by atoms with Crippen LogP contribution in [0.4, 0.5) is 0 Å². The van der Waals surface area contributed by atoms with Crippen LogP contribution >= 0.6 is 0 Å². The summed E-state index contributed by atoms with van der Waals surface area (Å²) < 4.78 is 7.60. The number of aryl methyl sites for hydroxylation is 1. The van der Waals surface area contributed by atoms with Gasteiger partial charge in [-0.05, 0) is 31.4 Å². The standard InChI is InChI=1S/C18H24N4O2/c1-14-4-2-6-22-13-15(19-17(14)22)12-20-7-9-21(10-8-20)18(23)16-5-3-11-24-16/h2,4,6,13,16H,3,5,7-12H2,1H3/t16-/m0/s1. The molecule has 2 fully saturated rings. The summed E-state index contributed by atoms with van der Waals surface area (Å²) in [7, 11) is 0. The number of rotatable bonds is 3. The van der Waals surface area contributed by atoms with E-state index in [2.05, 4.69) is 28.5 Å². The van der Waals surface area contributed by atoms with Crippen molar-refractivity contribution in [3.63, 3.8) is 0 Å². The Bertz CT molecular complexity index is 728. The Morgan fingerprint density at radius 3 is 2.88 bits per heavy atom. The van der Waals surface area contributed by atoms with Gasteiger partial charge in [-0.25, -0.2) is 4.98 Å². The first-order valence-corrected chi connectivity index (χ1v) is 8.76. The minimum atomic E-state index is -0.196. The molecule has 128 valence electrons. The highest BCUT2D eigenvalue weighted by atomic mass is 16.5. The summed E-state index contributed by atoms with van der Waals surface area (Å²) in [5.74, 6) is 0.176. The lowest BCUT2D eigenvalue weighted by Crippen LogP contribution is -2.51. The number of hydrogen-bond donors (Lipinski definition) is 0. The minimum Gasteiger partial charge on any atom is -0.368 e. The van der Waals surface area contributed by atoms with Crippen LogP contribution in [-0.4, -0.2) is 64.0 Å². The molecular formula is C18H24N4O2. The van der Waals surface area contributed by atoms with Crippen molar-refractivity contribution in [2.24, 2.45) is 0 Å². The predicted octanol–water partition coefficient (Wildman–Crippen LogP) is 1.47. The zero-order chi connectivity index (χ0) is 16.5. The van der Waals surface area contributed by atoms with Crippen LogP contribution in [0.25, 0.3) is 5.65 Å². The molecule has 1 atom stereocenters. The fourth-order valence-electron chi connectivity index (χ4n) is 3.61. The van der Waals surface area contributed by atoms with Crippen molar-refractivity contribution in [1.82, 2.24) is 19.2 Å². The first-order valence-electron chi connectivity index (χ1n) is 8.76. The zero-order valence-electron chi connectivity index (χ0n) is 14.1. The van der Waals surface area contributed by atoms with Gasteiger partial charge in [-0.1, -0.05) is 6.07 Å². The first-order chi connectivity index (χ1) is 11.7. The highest BCUT2D eigenvalue weighted by molar-refractivity contribution is 5.81. The molecule has 4 rings (SSSR count). The van der Waals surface area contributed by atoms with Gasteiger partial charge in [0.1, 0.15) is 11.8 Å². The van der Waals surface area contributed by atoms with Gasteiger partial charge in [0.05, 0.1) is 5.69 Å². The molecule has 2 aromatic heterocycles. The Morgan fingerprint density at radius 2 is 2.17 bits per heavy atom. The van der Waals surface area contributed by atoms with Gasteiger partial charge in [0.2, 0.25) is 0 Å². The maximum atomic E-state index is 12.4. The SMILES string of the molecule is Cc1cccn2cc(CN3CCN(C(=O)[C@@H]4CCCO4)CC3)nc12. The van der Waals surface area contributed by atoms with E-state index in [1.807, 2.05) is 17.2 Å². The summed E-state index contributed by atoms with van der Waals surface area (Å²) in [6.07, 6.45) is 5.82. The first kappa shape index (κ1) is 15.6. The fourth-order valence-corrected chi connectivity index (χ4v) is 3.61. The summed E-state index contributed by atoms with van der Waals surface area (Å²) >= 11 is 0. The molecule has 2 aromatic rings. The van der Waals surface area contributed by atoms with Crippen molar-refractivity contribution < 1.29 is 9.53 Å². The number of imidazole rings is 1. The van der Waals surface area contributed by atoms with E-state index in [1.165, 1.54) is 5.56 Å². The molecule has 0 N–H and O–H groups in total. The van der Waals surface area contributed by atoms with Crippen molar-refractivity contribution in [2.45, 2.75) is 32.4 Å². The number of aromatic nitrogens is 2. The second kappa shape index (κ2) is 6.53. The number of amides is 1. The third kappa shape index (κ3) is 3.03. The Morgan fingerprint density at radius 1 is 1.33 bits per heavy atom. The van der Waals surface area contributed by atoms with E-state index >= 15 is 0 Å². The summed E-state index contributed by atoms with van der Waals surface area (Å²) in [4.78, 5) is 21.5. The third-order valence-electron chi connectivity index (χ3n) is 5.00. The molecule has 2 aliphatic rings. The number of carbonyl (C=O) groups excluding carboxylic acids is 1. The maximum absolute atomic E-state index is 12.4. The Labute approximate surface area is 142 Å². The Balaban J connectivity index is 1.35. The molecule has 0 aliphatic carbocycles. The predicted molar refractivity (Wildman–Crippen MR) is 90.8 cm³/mol. The highest BCUT2D eigenvalue weighted by Gasteiger charge is 2.30. The van der Waals surface area contributed by atoms with Crippen LogP contribution in [0.2, 0.25) is 0 Å². The molecule has 0 spiro atoms. The van der Waals surface area contributed by atoms with E-state index in [0.717, 1.165) is 63.5 Å². The number of piperazine rings is 1. The average molecular weight is 328 g/mol. The lowest BCUT2D eigenvalue weighted by Gasteiger charge is -2.35. The molecule has 0 unspecified atom stereocenters. The molecule has 0 bridgehead atoms. The van der Waals surface area contributed by atoms with Gasteiger partial charge in [-0.3, -0.25) is 9.69 Å². The molecule has 0 saturated carbocycles. The maximum Gasteiger partial charge on any atom is 0.251 e. The van der Waals surface area contributed by atoms with Gasteiger partial charge in [0.25, 0.3) is 5.91 Å². The molecular weight excluding hydrogens is 304 g/mol. The quantitative estimate of drug-likeness (QED) is 0.856. The molecule has 24 heavy (non-hydrogen) atoms. The van der Waals surface area contributed by atoms with Crippen molar-refractivity contribution >= 4 is 11.6 Å². The second-order valence-electron chi connectivity index (χ2n) is 6.76. The summed E-state index contributed by atoms with van der Waals surface area (Å²) in [6.45, 7) is 7.00. The van der Waals surface area contributed by atoms with Crippen molar-refractivity contribution in [2.75, 3.05) is 32.8 Å². The molecule has 0 aromatic carbocycles. The minimum absolute atomic E-state index is 0.176. The van der Waals surface area contributed by atoms with Crippen LogP contribution in [0, 0.1) is 6.92 Å². The van der Waals surface area contributed by atoms with E-state index < -0.39 is 0 Å². The van der Waals surface area contributed by atoms with Gasteiger partial charge < -0.3 is 14.0 Å². The number of pyridine rings is 1. The van der Waals surface area contributed by atoms with E-state index in [0.29, 0.717) is 0 Å². The van der Waals surface area contributed by atoms with E-state index in [9.17, 15) is 4.79 Å². The molecule has 2 saturated heterocycles. The van der Waals surface area contributed by atoms with Crippen molar-refractivity contribution in [3.8, 4) is 0 Å². The van der Waals surface area contributed by atoms with Gasteiger partial charge in [-0.2, -0.15) is 0 Å². The number of hydrogen-bond acceptors (Lipinski definition) is 4. The van der Waals surface area contributed by atoms with Crippen LogP contribution in [0.15, 0.2) is 24.5 Å². The molecule has 6 heteroatoms. The van der Waals surface area contributed by atoms with Crippen molar-refractivity contribution in [1.29, 1.82) is 0 Å². The smallest absolute Gasteiger partial charge is 0.251 e. The number of fused-ring (bicyclic) bond motifs is 1. The van der Waals surface area contributed by atoms with E-state index in [4.69, 9.17) is 9.72 Å². The Kier molecular flexibility index (Phi) is 4.24. The highest BCUT2D eigenvalue weighted by Crippen LogP contribution is 2.17. The number of carbonyl (C=O) groups is 1. The van der Waals surface area contributed by atoms with Crippen molar-refractivity contribution in [3.05, 3.63) is 35.8 Å². The fraction of sp³-hybridized carbons (Fsp3) is 0.556. The lowest BCUT2D eigenvalue weighted by atomic mass is 10.2.